The number of aliphatic imine (C=N–C) groups is 1. The quantitative estimate of drug-likeness (QED) is 0.339. The van der Waals surface area contributed by atoms with Gasteiger partial charge in [-0.2, -0.15) is 0 Å². The van der Waals surface area contributed by atoms with Crippen LogP contribution < -0.4 is 16.0 Å². The van der Waals surface area contributed by atoms with E-state index in [4.69, 9.17) is 0 Å². The smallest absolute Gasteiger partial charge is 0.223 e. The Morgan fingerprint density at radius 1 is 1.29 bits per heavy atom. The highest BCUT2D eigenvalue weighted by Crippen LogP contribution is 2.28. The zero-order valence-electron chi connectivity index (χ0n) is 14.8. The molecule has 1 heterocycles. The molecule has 0 saturated heterocycles. The molecule has 1 aliphatic carbocycles. The van der Waals surface area contributed by atoms with Crippen molar-refractivity contribution in [1.29, 1.82) is 0 Å². The monoisotopic (exact) mass is 334 g/mol. The predicted octanol–water partition coefficient (Wildman–Crippen LogP) is 1.05. The Kier molecular flexibility index (Phi) is 7.58. The highest BCUT2D eigenvalue weighted by molar-refractivity contribution is 5.81. The lowest BCUT2D eigenvalue weighted by Crippen LogP contribution is -2.41. The third-order valence-electron chi connectivity index (χ3n) is 4.01. The molecule has 0 atom stereocenters. The zero-order chi connectivity index (χ0) is 17.2. The Morgan fingerprint density at radius 2 is 2.08 bits per heavy atom. The van der Waals surface area contributed by atoms with Crippen LogP contribution in [0.3, 0.4) is 0 Å². The fraction of sp³-hybridized carbons (Fsp3) is 0.706. The third-order valence-corrected chi connectivity index (χ3v) is 4.01. The van der Waals surface area contributed by atoms with Crippen molar-refractivity contribution in [2.75, 3.05) is 26.2 Å². The van der Waals surface area contributed by atoms with Gasteiger partial charge in [0.25, 0.3) is 0 Å². The van der Waals surface area contributed by atoms with Crippen molar-refractivity contribution in [2.24, 2.45) is 10.9 Å². The molecule has 0 bridgehead atoms. The first-order chi connectivity index (χ1) is 11.7. The molecule has 1 saturated carbocycles. The van der Waals surface area contributed by atoms with Gasteiger partial charge in [-0.15, -0.1) is 0 Å². The van der Waals surface area contributed by atoms with Crippen molar-refractivity contribution < 1.29 is 4.79 Å². The molecule has 1 aromatic heterocycles. The predicted molar refractivity (Wildman–Crippen MR) is 95.9 cm³/mol. The fourth-order valence-corrected chi connectivity index (χ4v) is 2.42. The first kappa shape index (κ1) is 18.3. The molecule has 24 heavy (non-hydrogen) atoms. The summed E-state index contributed by atoms with van der Waals surface area (Å²) in [6.45, 7) is 8.00. The maximum atomic E-state index is 11.5. The summed E-state index contributed by atoms with van der Waals surface area (Å²) in [6, 6.07) is 0. The number of guanidine groups is 1. The highest BCUT2D eigenvalue weighted by Gasteiger charge is 2.28. The number of carbonyl (C=O) groups is 1. The number of nitrogens with zero attached hydrogens (tertiary/aromatic N) is 3. The van der Waals surface area contributed by atoms with Crippen molar-refractivity contribution >= 4 is 11.9 Å². The molecule has 134 valence electrons. The number of aryl methyl sites for hydroxylation is 2. The van der Waals surface area contributed by atoms with E-state index in [1.165, 1.54) is 0 Å². The van der Waals surface area contributed by atoms with E-state index in [9.17, 15) is 4.79 Å². The summed E-state index contributed by atoms with van der Waals surface area (Å²) < 4.78 is 2.16. The SMILES string of the molecule is CCNC(=NCCCCn1ccnc1C)NCCNC(=O)C1CC1. The maximum Gasteiger partial charge on any atom is 0.223 e. The molecule has 0 aliphatic heterocycles. The van der Waals surface area contributed by atoms with Gasteiger partial charge in [-0.25, -0.2) is 4.98 Å². The van der Waals surface area contributed by atoms with Crippen molar-refractivity contribution in [3.05, 3.63) is 18.2 Å². The van der Waals surface area contributed by atoms with Crippen LogP contribution in [-0.4, -0.2) is 47.6 Å². The van der Waals surface area contributed by atoms with Crippen LogP contribution in [0.5, 0.6) is 0 Å². The topological polar surface area (TPSA) is 83.3 Å². The van der Waals surface area contributed by atoms with Crippen molar-refractivity contribution in [3.8, 4) is 0 Å². The van der Waals surface area contributed by atoms with Crippen molar-refractivity contribution in [2.45, 2.75) is 46.1 Å². The number of rotatable bonds is 10. The first-order valence-corrected chi connectivity index (χ1v) is 8.98. The minimum atomic E-state index is 0.188. The number of aromatic nitrogens is 2. The van der Waals surface area contributed by atoms with Gasteiger partial charge in [0.2, 0.25) is 5.91 Å². The molecule has 1 aliphatic rings. The molecular formula is C17H30N6O. The fourth-order valence-electron chi connectivity index (χ4n) is 2.42. The average Bonchev–Trinajstić information content (AvgIpc) is 3.34. The van der Waals surface area contributed by atoms with Crippen LogP contribution in [-0.2, 0) is 11.3 Å². The molecule has 2 rings (SSSR count). The summed E-state index contributed by atoms with van der Waals surface area (Å²) in [5, 5.41) is 9.43. The normalized spacial score (nSPS) is 14.5. The summed E-state index contributed by atoms with van der Waals surface area (Å²) in [5.74, 6) is 2.33. The number of amides is 1. The minimum absolute atomic E-state index is 0.188. The number of carbonyl (C=O) groups excluding carboxylic acids is 1. The number of hydrogen-bond donors (Lipinski definition) is 3. The van der Waals surface area contributed by atoms with Gasteiger partial charge < -0.3 is 20.5 Å². The number of unbranched alkanes of at least 4 members (excludes halogenated alkanes) is 1. The van der Waals surface area contributed by atoms with E-state index < -0.39 is 0 Å². The third kappa shape index (κ3) is 6.60. The average molecular weight is 334 g/mol. The van der Waals surface area contributed by atoms with E-state index in [1.807, 2.05) is 26.2 Å². The van der Waals surface area contributed by atoms with Crippen LogP contribution in [0.1, 0.15) is 38.4 Å². The second-order valence-corrected chi connectivity index (χ2v) is 6.13. The van der Waals surface area contributed by atoms with Gasteiger partial charge in [-0.3, -0.25) is 9.79 Å². The van der Waals surface area contributed by atoms with E-state index in [-0.39, 0.29) is 11.8 Å². The molecular weight excluding hydrogens is 304 g/mol. The van der Waals surface area contributed by atoms with Gasteiger partial charge in [0.15, 0.2) is 5.96 Å². The summed E-state index contributed by atoms with van der Waals surface area (Å²) >= 11 is 0. The minimum Gasteiger partial charge on any atom is -0.357 e. The molecule has 1 amide bonds. The van der Waals surface area contributed by atoms with Crippen LogP contribution >= 0.6 is 0 Å². The number of hydrogen-bond acceptors (Lipinski definition) is 3. The lowest BCUT2D eigenvalue weighted by Gasteiger charge is -2.12. The highest BCUT2D eigenvalue weighted by atomic mass is 16.2. The van der Waals surface area contributed by atoms with Gasteiger partial charge in [0.05, 0.1) is 0 Å². The second-order valence-electron chi connectivity index (χ2n) is 6.13. The largest absolute Gasteiger partial charge is 0.357 e. The van der Waals surface area contributed by atoms with Crippen LogP contribution in [0, 0.1) is 12.8 Å². The Hall–Kier alpha value is -2.05. The first-order valence-electron chi connectivity index (χ1n) is 8.98. The van der Waals surface area contributed by atoms with E-state index >= 15 is 0 Å². The molecule has 0 spiro atoms. The molecule has 0 unspecified atom stereocenters. The van der Waals surface area contributed by atoms with E-state index in [0.717, 1.165) is 57.1 Å². The van der Waals surface area contributed by atoms with Crippen LogP contribution in [0.15, 0.2) is 17.4 Å². The van der Waals surface area contributed by atoms with Crippen LogP contribution in [0.25, 0.3) is 0 Å². The van der Waals surface area contributed by atoms with E-state index in [1.54, 1.807) is 0 Å². The molecule has 7 nitrogen and oxygen atoms in total. The molecule has 0 aromatic carbocycles. The molecule has 1 aromatic rings. The van der Waals surface area contributed by atoms with Gasteiger partial charge in [-0.05, 0) is 39.5 Å². The molecule has 1 fully saturated rings. The van der Waals surface area contributed by atoms with E-state index in [2.05, 4.69) is 30.5 Å². The van der Waals surface area contributed by atoms with Crippen LogP contribution in [0.4, 0.5) is 0 Å². The standard InChI is InChI=1S/C17H30N6O/c1-3-18-17(22-10-9-20-16(24)15-6-7-15)21-8-4-5-12-23-13-11-19-14(23)2/h11,13,15H,3-10,12H2,1-2H3,(H,20,24)(H2,18,21,22). The zero-order valence-corrected chi connectivity index (χ0v) is 14.8. The Morgan fingerprint density at radius 3 is 2.75 bits per heavy atom. The molecule has 7 heteroatoms. The van der Waals surface area contributed by atoms with E-state index in [0.29, 0.717) is 13.1 Å². The lowest BCUT2D eigenvalue weighted by atomic mass is 10.3. The number of imidazole rings is 1. The molecule has 3 N–H and O–H groups in total. The maximum absolute atomic E-state index is 11.5. The van der Waals surface area contributed by atoms with Gasteiger partial charge in [-0.1, -0.05) is 0 Å². The Bertz CT molecular complexity index is 535. The van der Waals surface area contributed by atoms with Gasteiger partial charge >= 0.3 is 0 Å². The van der Waals surface area contributed by atoms with Crippen molar-refractivity contribution in [3.63, 3.8) is 0 Å². The van der Waals surface area contributed by atoms with Crippen molar-refractivity contribution in [1.82, 2.24) is 25.5 Å². The second kappa shape index (κ2) is 9.95. The number of nitrogens with one attached hydrogen (secondary N) is 3. The molecule has 0 radical (unpaired) electrons. The lowest BCUT2D eigenvalue weighted by molar-refractivity contribution is -0.122. The van der Waals surface area contributed by atoms with Gasteiger partial charge in [0.1, 0.15) is 5.82 Å². The van der Waals surface area contributed by atoms with Crippen LogP contribution in [0.2, 0.25) is 0 Å². The Balaban J connectivity index is 1.58. The summed E-state index contributed by atoms with van der Waals surface area (Å²) in [4.78, 5) is 20.3. The van der Waals surface area contributed by atoms with Gasteiger partial charge in [0, 0.05) is 51.0 Å². The summed E-state index contributed by atoms with van der Waals surface area (Å²) in [6.07, 6.45) is 8.05. The Labute approximate surface area is 144 Å². The summed E-state index contributed by atoms with van der Waals surface area (Å²) in [7, 11) is 0. The summed E-state index contributed by atoms with van der Waals surface area (Å²) in [5.41, 5.74) is 0.